The molecule has 0 spiro atoms. The molecule has 2 aromatic rings. The zero-order valence-electron chi connectivity index (χ0n) is 17.3. The quantitative estimate of drug-likeness (QED) is 0.765. The normalized spacial score (nSPS) is 21.2. The van der Waals surface area contributed by atoms with E-state index in [1.165, 1.54) is 6.07 Å². The van der Waals surface area contributed by atoms with Crippen molar-refractivity contribution in [2.75, 3.05) is 19.6 Å². The van der Waals surface area contributed by atoms with E-state index in [0.717, 1.165) is 30.5 Å². The van der Waals surface area contributed by atoms with Crippen molar-refractivity contribution in [3.63, 3.8) is 0 Å². The fourth-order valence-corrected chi connectivity index (χ4v) is 4.20. The Kier molecular flexibility index (Phi) is 5.77. The lowest BCUT2D eigenvalue weighted by Gasteiger charge is -2.19. The van der Waals surface area contributed by atoms with Gasteiger partial charge in [-0.05, 0) is 48.9 Å². The number of carbonyl (C=O) groups is 2. The summed E-state index contributed by atoms with van der Waals surface area (Å²) in [5.74, 6) is -0.992. The van der Waals surface area contributed by atoms with Crippen LogP contribution in [0.2, 0.25) is 0 Å². The van der Waals surface area contributed by atoms with Gasteiger partial charge in [0.1, 0.15) is 0 Å². The van der Waals surface area contributed by atoms with E-state index in [2.05, 4.69) is 5.32 Å². The second-order valence-electron chi connectivity index (χ2n) is 8.55. The lowest BCUT2D eigenvalue weighted by molar-refractivity contribution is -0.137. The number of rotatable bonds is 5. The fourth-order valence-electron chi connectivity index (χ4n) is 4.20. The Morgan fingerprint density at radius 1 is 1.06 bits per heavy atom. The smallest absolute Gasteiger partial charge is 0.356 e. The number of carbonyl (C=O) groups excluding carboxylic acids is 2. The summed E-state index contributed by atoms with van der Waals surface area (Å²) in [7, 11) is 0. The highest BCUT2D eigenvalue weighted by atomic mass is 19.4. The second-order valence-corrected chi connectivity index (χ2v) is 8.55. The second kappa shape index (κ2) is 8.36. The monoisotopic (exact) mass is 430 g/mol. The minimum Gasteiger partial charge on any atom is -0.356 e. The highest BCUT2D eigenvalue weighted by molar-refractivity contribution is 5.96. The molecule has 4 rings (SSSR count). The van der Waals surface area contributed by atoms with E-state index in [1.807, 2.05) is 19.1 Å². The van der Waals surface area contributed by atoms with E-state index in [0.29, 0.717) is 23.6 Å². The van der Waals surface area contributed by atoms with Crippen LogP contribution in [0.25, 0.3) is 0 Å². The Bertz CT molecular complexity index is 985. The number of halogens is 3. The first kappa shape index (κ1) is 21.4. The van der Waals surface area contributed by atoms with Crippen molar-refractivity contribution in [2.45, 2.75) is 31.9 Å². The molecule has 2 fully saturated rings. The molecule has 0 aromatic heterocycles. The zero-order valence-corrected chi connectivity index (χ0v) is 17.3. The predicted molar refractivity (Wildman–Crippen MR) is 110 cm³/mol. The van der Waals surface area contributed by atoms with Gasteiger partial charge in [-0.25, -0.2) is 0 Å². The van der Waals surface area contributed by atoms with E-state index in [-0.39, 0.29) is 24.9 Å². The molecule has 31 heavy (non-hydrogen) atoms. The Morgan fingerprint density at radius 3 is 2.48 bits per heavy atom. The van der Waals surface area contributed by atoms with E-state index >= 15 is 0 Å². The van der Waals surface area contributed by atoms with E-state index < -0.39 is 23.6 Å². The van der Waals surface area contributed by atoms with Crippen molar-refractivity contribution in [3.8, 4) is 0 Å². The number of amides is 2. The topological polar surface area (TPSA) is 49.4 Å². The van der Waals surface area contributed by atoms with Crippen molar-refractivity contribution in [1.29, 1.82) is 0 Å². The summed E-state index contributed by atoms with van der Waals surface area (Å²) in [4.78, 5) is 27.7. The van der Waals surface area contributed by atoms with Gasteiger partial charge < -0.3 is 10.2 Å². The van der Waals surface area contributed by atoms with Gasteiger partial charge in [0.05, 0.1) is 11.5 Å². The van der Waals surface area contributed by atoms with Crippen LogP contribution in [-0.2, 0) is 11.0 Å². The SMILES string of the molecule is Cc1ccccc1C(=O)N1CC(C(=O)NCC2CC2)C(c2cccc(C(F)(F)F)c2)C1. The molecular formula is C24H25F3N2O2. The number of benzene rings is 2. The molecule has 2 atom stereocenters. The molecule has 0 bridgehead atoms. The van der Waals surface area contributed by atoms with Crippen LogP contribution in [-0.4, -0.2) is 36.3 Å². The number of hydrogen-bond acceptors (Lipinski definition) is 2. The Labute approximate surface area is 179 Å². The van der Waals surface area contributed by atoms with Crippen LogP contribution in [0.5, 0.6) is 0 Å². The highest BCUT2D eigenvalue weighted by Gasteiger charge is 2.42. The minimum atomic E-state index is -4.46. The number of nitrogens with zero attached hydrogens (tertiary/aromatic N) is 1. The van der Waals surface area contributed by atoms with Crippen molar-refractivity contribution in [1.82, 2.24) is 10.2 Å². The van der Waals surface area contributed by atoms with Crippen molar-refractivity contribution in [2.24, 2.45) is 11.8 Å². The molecule has 0 radical (unpaired) electrons. The van der Waals surface area contributed by atoms with Crippen LogP contribution in [0, 0.1) is 18.8 Å². The average molecular weight is 430 g/mol. The maximum atomic E-state index is 13.3. The van der Waals surface area contributed by atoms with Gasteiger partial charge in [0.2, 0.25) is 5.91 Å². The molecule has 1 heterocycles. The molecule has 2 aliphatic rings. The van der Waals surface area contributed by atoms with Gasteiger partial charge in [-0.2, -0.15) is 13.2 Å². The molecule has 2 amide bonds. The van der Waals surface area contributed by atoms with Gasteiger partial charge >= 0.3 is 6.18 Å². The molecule has 1 aliphatic heterocycles. The third-order valence-electron chi connectivity index (χ3n) is 6.22. The number of nitrogens with one attached hydrogen (secondary N) is 1. The van der Waals surface area contributed by atoms with Crippen LogP contribution in [0.4, 0.5) is 13.2 Å². The summed E-state index contributed by atoms with van der Waals surface area (Å²) in [6.07, 6.45) is -2.30. The largest absolute Gasteiger partial charge is 0.416 e. The van der Waals surface area contributed by atoms with Crippen molar-refractivity contribution in [3.05, 3.63) is 70.8 Å². The third-order valence-corrected chi connectivity index (χ3v) is 6.22. The molecule has 1 saturated carbocycles. The average Bonchev–Trinajstić information content (AvgIpc) is 3.47. The van der Waals surface area contributed by atoms with E-state index in [1.54, 1.807) is 23.1 Å². The Hall–Kier alpha value is -2.83. The standard InChI is InChI=1S/C24H25F3N2O2/c1-15-5-2-3-8-19(15)23(31)29-13-20(17-6-4-7-18(11-17)24(25,26)27)21(14-29)22(30)28-12-16-9-10-16/h2-8,11,16,20-21H,9-10,12-14H2,1H3,(H,28,30). The van der Waals surface area contributed by atoms with Crippen LogP contribution in [0.1, 0.15) is 45.8 Å². The molecule has 2 aromatic carbocycles. The van der Waals surface area contributed by atoms with Crippen LogP contribution >= 0.6 is 0 Å². The van der Waals surface area contributed by atoms with Gasteiger partial charge in [0.15, 0.2) is 0 Å². The molecular weight excluding hydrogens is 405 g/mol. The molecule has 1 N–H and O–H groups in total. The minimum absolute atomic E-state index is 0.185. The molecule has 4 nitrogen and oxygen atoms in total. The van der Waals surface area contributed by atoms with Crippen LogP contribution < -0.4 is 5.32 Å². The fraction of sp³-hybridized carbons (Fsp3) is 0.417. The van der Waals surface area contributed by atoms with E-state index in [9.17, 15) is 22.8 Å². The highest BCUT2D eigenvalue weighted by Crippen LogP contribution is 2.37. The van der Waals surface area contributed by atoms with Gasteiger partial charge in [0.25, 0.3) is 5.91 Å². The molecule has 164 valence electrons. The molecule has 1 aliphatic carbocycles. The predicted octanol–water partition coefficient (Wildman–Crippen LogP) is 4.40. The first-order chi connectivity index (χ1) is 14.7. The Balaban J connectivity index is 1.61. The molecule has 1 saturated heterocycles. The molecule has 7 heteroatoms. The van der Waals surface area contributed by atoms with Crippen molar-refractivity contribution < 1.29 is 22.8 Å². The Morgan fingerprint density at radius 2 is 1.81 bits per heavy atom. The van der Waals surface area contributed by atoms with Crippen LogP contribution in [0.3, 0.4) is 0 Å². The number of hydrogen-bond donors (Lipinski definition) is 1. The third kappa shape index (κ3) is 4.75. The van der Waals surface area contributed by atoms with Gasteiger partial charge in [-0.15, -0.1) is 0 Å². The summed E-state index contributed by atoms with van der Waals surface area (Å²) in [5.41, 5.74) is 1.06. The number of likely N-dealkylation sites (tertiary alicyclic amines) is 1. The van der Waals surface area contributed by atoms with Gasteiger partial charge in [0, 0.05) is 31.1 Å². The van der Waals surface area contributed by atoms with E-state index in [4.69, 9.17) is 0 Å². The van der Waals surface area contributed by atoms with Gasteiger partial charge in [-0.1, -0.05) is 36.4 Å². The van der Waals surface area contributed by atoms with Crippen LogP contribution in [0.15, 0.2) is 48.5 Å². The summed E-state index contributed by atoms with van der Waals surface area (Å²) in [6.45, 7) is 2.81. The van der Waals surface area contributed by atoms with Gasteiger partial charge in [-0.3, -0.25) is 9.59 Å². The molecule has 2 unspecified atom stereocenters. The maximum Gasteiger partial charge on any atom is 0.416 e. The number of aryl methyl sites for hydroxylation is 1. The zero-order chi connectivity index (χ0) is 22.2. The number of alkyl halides is 3. The lowest BCUT2D eigenvalue weighted by atomic mass is 9.87. The lowest BCUT2D eigenvalue weighted by Crippen LogP contribution is -2.36. The maximum absolute atomic E-state index is 13.3. The summed E-state index contributed by atoms with van der Waals surface area (Å²) in [6, 6.07) is 12.3. The van der Waals surface area contributed by atoms with Crippen molar-refractivity contribution >= 4 is 11.8 Å². The summed E-state index contributed by atoms with van der Waals surface area (Å²) < 4.78 is 39.8. The first-order valence-corrected chi connectivity index (χ1v) is 10.5. The first-order valence-electron chi connectivity index (χ1n) is 10.5. The summed E-state index contributed by atoms with van der Waals surface area (Å²) in [5, 5.41) is 2.94. The summed E-state index contributed by atoms with van der Waals surface area (Å²) >= 11 is 0.